The fraction of sp³-hybridized carbons (Fsp3) is 0.500. The van der Waals surface area contributed by atoms with E-state index >= 15 is 0 Å². The molecule has 2 aromatic rings. The van der Waals surface area contributed by atoms with Gasteiger partial charge in [-0.2, -0.15) is 5.10 Å². The van der Waals surface area contributed by atoms with Gasteiger partial charge in [0, 0.05) is 18.5 Å². The molecule has 0 unspecified atom stereocenters. The molecule has 3 N–H and O–H groups in total. The molecule has 8 nitrogen and oxygen atoms in total. The van der Waals surface area contributed by atoms with Crippen LogP contribution in [0, 0.1) is 5.82 Å². The Kier molecular flexibility index (Phi) is 4.43. The van der Waals surface area contributed by atoms with Gasteiger partial charge in [-0.15, -0.1) is 4.36 Å². The van der Waals surface area contributed by atoms with E-state index < -0.39 is 27.7 Å². The molecule has 0 radical (unpaired) electrons. The van der Waals surface area contributed by atoms with Gasteiger partial charge in [0.25, 0.3) is 0 Å². The van der Waals surface area contributed by atoms with Gasteiger partial charge < -0.3 is 10.1 Å². The number of anilines is 1. The van der Waals surface area contributed by atoms with Crippen LogP contribution in [-0.2, 0) is 42.1 Å². The van der Waals surface area contributed by atoms with Crippen LogP contribution in [-0.4, -0.2) is 31.8 Å². The number of nitrogens with zero attached hydrogens (tertiary/aromatic N) is 3. The van der Waals surface area contributed by atoms with Gasteiger partial charge in [-0.3, -0.25) is 0 Å². The van der Waals surface area contributed by atoms with Crippen LogP contribution in [0.25, 0.3) is 0 Å². The van der Waals surface area contributed by atoms with E-state index in [2.05, 4.69) is 14.8 Å². The van der Waals surface area contributed by atoms with Crippen LogP contribution >= 0.6 is 0 Å². The van der Waals surface area contributed by atoms with Crippen LogP contribution in [0.4, 0.5) is 19.3 Å². The normalized spacial score (nSPS) is 22.3. The Bertz CT molecular complexity index is 1250. The third-order valence-electron chi connectivity index (χ3n) is 6.00. The third kappa shape index (κ3) is 3.30. The summed E-state index contributed by atoms with van der Waals surface area (Å²) in [6.07, 6.45) is 1.94. The molecule has 5 rings (SSSR count). The standard InChI is InChI=1S/C20H23F2N5O3S/c1-20(2)9-27-18(30-20)15(8-24-27)31(23,29)26-19(28)25-17-12-5-3-4-11(12)16(22)13-6-10(21)7-14(13)17/h8,10H,3-7,9H2,1-2H3,(H3,23,25,26,28,29)/t10-,31-/m1/s1. The van der Waals surface area contributed by atoms with E-state index in [4.69, 9.17) is 9.88 Å². The number of ether oxygens (including phenoxy) is 1. The summed E-state index contributed by atoms with van der Waals surface area (Å²) in [6.45, 7) is 4.14. The summed E-state index contributed by atoms with van der Waals surface area (Å²) >= 11 is 0. The van der Waals surface area contributed by atoms with E-state index in [1.807, 2.05) is 13.8 Å². The largest absolute Gasteiger partial charge is 0.469 e. The topological polar surface area (TPSA) is 112 Å². The van der Waals surface area contributed by atoms with E-state index in [0.717, 1.165) is 6.42 Å². The molecule has 2 aliphatic carbocycles. The summed E-state index contributed by atoms with van der Waals surface area (Å²) in [5.74, 6) is -0.145. The first-order chi connectivity index (χ1) is 14.6. The summed E-state index contributed by atoms with van der Waals surface area (Å²) in [4.78, 5) is 12.8. The number of nitrogens with one attached hydrogen (secondary N) is 1. The molecule has 3 aliphatic rings. The van der Waals surface area contributed by atoms with Crippen LogP contribution in [0.2, 0.25) is 0 Å². The summed E-state index contributed by atoms with van der Waals surface area (Å²) in [5, 5.41) is 12.7. The summed E-state index contributed by atoms with van der Waals surface area (Å²) in [5.41, 5.74) is 1.77. The number of alkyl halides is 1. The molecule has 0 bridgehead atoms. The van der Waals surface area contributed by atoms with Crippen molar-refractivity contribution in [1.29, 1.82) is 0 Å². The van der Waals surface area contributed by atoms with Gasteiger partial charge in [-0.1, -0.05) is 0 Å². The Morgan fingerprint density at radius 3 is 2.81 bits per heavy atom. The fourth-order valence-electron chi connectivity index (χ4n) is 4.74. The lowest BCUT2D eigenvalue weighted by Crippen LogP contribution is -2.27. The Balaban J connectivity index is 1.50. The highest BCUT2D eigenvalue weighted by atomic mass is 32.2. The van der Waals surface area contributed by atoms with Crippen LogP contribution in [0.15, 0.2) is 15.5 Å². The number of benzene rings is 1. The Labute approximate surface area is 178 Å². The zero-order valence-electron chi connectivity index (χ0n) is 17.2. The van der Waals surface area contributed by atoms with Crippen molar-refractivity contribution in [3.8, 4) is 5.88 Å². The van der Waals surface area contributed by atoms with Gasteiger partial charge in [-0.05, 0) is 55.4 Å². The molecule has 166 valence electrons. The Morgan fingerprint density at radius 2 is 2.03 bits per heavy atom. The molecule has 0 spiro atoms. The van der Waals surface area contributed by atoms with Gasteiger partial charge in [0.05, 0.1) is 12.7 Å². The molecule has 1 aliphatic heterocycles. The monoisotopic (exact) mass is 451 g/mol. The second-order valence-corrected chi connectivity index (χ2v) is 10.6. The maximum atomic E-state index is 14.8. The third-order valence-corrected chi connectivity index (χ3v) is 7.34. The number of aromatic nitrogens is 2. The van der Waals surface area contributed by atoms with Crippen molar-refractivity contribution in [3.05, 3.63) is 34.3 Å². The highest BCUT2D eigenvalue weighted by Crippen LogP contribution is 2.42. The Hall–Kier alpha value is -2.53. The zero-order chi connectivity index (χ0) is 22.1. The second-order valence-electron chi connectivity index (χ2n) is 8.89. The molecule has 31 heavy (non-hydrogen) atoms. The quantitative estimate of drug-likeness (QED) is 0.731. The molecule has 0 saturated carbocycles. The average molecular weight is 451 g/mol. The van der Waals surface area contributed by atoms with Crippen LogP contribution in [0.3, 0.4) is 0 Å². The van der Waals surface area contributed by atoms with Crippen molar-refractivity contribution in [2.24, 2.45) is 9.50 Å². The number of carbonyl (C=O) groups excluding carboxylic acids is 1. The first kappa shape index (κ1) is 20.4. The number of hydrogen-bond donors (Lipinski definition) is 2. The summed E-state index contributed by atoms with van der Waals surface area (Å²) < 4.78 is 53.0. The minimum absolute atomic E-state index is 0.0161. The van der Waals surface area contributed by atoms with Crippen molar-refractivity contribution in [2.45, 2.75) is 69.2 Å². The number of halogens is 2. The number of amides is 2. The van der Waals surface area contributed by atoms with Crippen molar-refractivity contribution >= 4 is 21.6 Å². The minimum atomic E-state index is -3.65. The molecule has 0 fully saturated rings. The average Bonchev–Trinajstić information content (AvgIpc) is 3.40. The predicted octanol–water partition coefficient (Wildman–Crippen LogP) is 3.05. The van der Waals surface area contributed by atoms with Gasteiger partial charge in [-0.25, -0.2) is 27.6 Å². The number of carbonyl (C=O) groups is 1. The SMILES string of the molecule is CC1(C)Cn2ncc([S@](N)(=O)=NC(=O)Nc3c4c(c(F)c5c3C[C@H](F)C5)CCC4)c2O1. The van der Waals surface area contributed by atoms with Crippen LogP contribution in [0.1, 0.15) is 42.5 Å². The molecule has 2 amide bonds. The molecule has 0 saturated heterocycles. The number of urea groups is 1. The van der Waals surface area contributed by atoms with Gasteiger partial charge in [0.2, 0.25) is 5.88 Å². The smallest absolute Gasteiger partial charge is 0.354 e. The first-order valence-electron chi connectivity index (χ1n) is 10.2. The van der Waals surface area contributed by atoms with Crippen LogP contribution in [0.5, 0.6) is 5.88 Å². The highest BCUT2D eigenvalue weighted by molar-refractivity contribution is 7.91. The number of rotatable bonds is 2. The highest BCUT2D eigenvalue weighted by Gasteiger charge is 2.36. The minimum Gasteiger partial charge on any atom is -0.469 e. The second kappa shape index (κ2) is 6.73. The lowest BCUT2D eigenvalue weighted by Gasteiger charge is -2.17. The fourth-order valence-corrected chi connectivity index (χ4v) is 5.73. The van der Waals surface area contributed by atoms with E-state index in [1.165, 1.54) is 10.9 Å². The van der Waals surface area contributed by atoms with E-state index in [-0.39, 0.29) is 29.4 Å². The van der Waals surface area contributed by atoms with Gasteiger partial charge >= 0.3 is 6.03 Å². The molecule has 1 aromatic heterocycles. The van der Waals surface area contributed by atoms with E-state index in [0.29, 0.717) is 47.3 Å². The number of fused-ring (bicyclic) bond motifs is 3. The maximum absolute atomic E-state index is 14.8. The first-order valence-corrected chi connectivity index (χ1v) is 11.7. The summed E-state index contributed by atoms with van der Waals surface area (Å²) in [7, 11) is -3.65. The van der Waals surface area contributed by atoms with Crippen LogP contribution < -0.4 is 15.2 Å². The lowest BCUT2D eigenvalue weighted by atomic mass is 9.98. The van der Waals surface area contributed by atoms with Crippen molar-refractivity contribution in [3.63, 3.8) is 0 Å². The molecule has 11 heteroatoms. The lowest BCUT2D eigenvalue weighted by molar-refractivity contribution is 0.132. The van der Waals surface area contributed by atoms with E-state index in [1.54, 1.807) is 0 Å². The van der Waals surface area contributed by atoms with Crippen molar-refractivity contribution < 1.29 is 22.5 Å². The van der Waals surface area contributed by atoms with Gasteiger partial charge in [0.1, 0.15) is 22.5 Å². The predicted molar refractivity (Wildman–Crippen MR) is 110 cm³/mol. The molecular weight excluding hydrogens is 428 g/mol. The number of hydrogen-bond acceptors (Lipinski definition) is 4. The van der Waals surface area contributed by atoms with Crippen molar-refractivity contribution in [2.75, 3.05) is 5.32 Å². The Morgan fingerprint density at radius 1 is 1.32 bits per heavy atom. The molecule has 2 atom stereocenters. The number of nitrogens with two attached hydrogens (primary N) is 1. The zero-order valence-corrected chi connectivity index (χ0v) is 18.0. The maximum Gasteiger partial charge on any atom is 0.354 e. The van der Waals surface area contributed by atoms with Crippen molar-refractivity contribution in [1.82, 2.24) is 9.78 Å². The van der Waals surface area contributed by atoms with E-state index in [9.17, 15) is 17.8 Å². The molecule has 2 heterocycles. The molecular formula is C20H23F2N5O3S. The van der Waals surface area contributed by atoms with Gasteiger partial charge in [0.15, 0.2) is 9.92 Å². The molecule has 1 aromatic carbocycles. The summed E-state index contributed by atoms with van der Waals surface area (Å²) in [6, 6.07) is -0.935.